The lowest BCUT2D eigenvalue weighted by Gasteiger charge is -2.31. The van der Waals surface area contributed by atoms with Crippen LogP contribution < -0.4 is 20.9 Å². The van der Waals surface area contributed by atoms with Crippen LogP contribution in [0.15, 0.2) is 28.7 Å². The van der Waals surface area contributed by atoms with Gasteiger partial charge in [-0.15, -0.1) is 0 Å². The Morgan fingerprint density at radius 3 is 2.55 bits per heavy atom. The van der Waals surface area contributed by atoms with E-state index in [4.69, 9.17) is 22.2 Å². The summed E-state index contributed by atoms with van der Waals surface area (Å²) in [7, 11) is 4.14. The molecule has 31 heavy (non-hydrogen) atoms. The van der Waals surface area contributed by atoms with Crippen molar-refractivity contribution in [2.75, 3.05) is 29.6 Å². The van der Waals surface area contributed by atoms with Crippen LogP contribution in [0.3, 0.4) is 0 Å². The van der Waals surface area contributed by atoms with E-state index >= 15 is 0 Å². The number of thiocarbonyl (C=S) groups is 1. The normalized spacial score (nSPS) is 20.5. The third-order valence-electron chi connectivity index (χ3n) is 6.06. The van der Waals surface area contributed by atoms with Gasteiger partial charge in [0.05, 0.1) is 5.69 Å². The topological polar surface area (TPSA) is 65.1 Å². The average molecular weight is 504 g/mol. The quantitative estimate of drug-likeness (QED) is 0.502. The summed E-state index contributed by atoms with van der Waals surface area (Å²) in [6, 6.07) is 8.84. The minimum Gasteiger partial charge on any atom is -0.362 e. The van der Waals surface area contributed by atoms with Gasteiger partial charge in [0, 0.05) is 41.9 Å². The average Bonchev–Trinajstić information content (AvgIpc) is 2.74. The summed E-state index contributed by atoms with van der Waals surface area (Å²) in [6.07, 6.45) is 8.91. The van der Waals surface area contributed by atoms with Crippen molar-refractivity contribution in [1.29, 1.82) is 0 Å². The molecule has 3 N–H and O–H groups in total. The zero-order valence-electron chi connectivity index (χ0n) is 18.2. The van der Waals surface area contributed by atoms with E-state index in [0.29, 0.717) is 17.2 Å². The van der Waals surface area contributed by atoms with Crippen LogP contribution in [0.2, 0.25) is 0 Å². The highest BCUT2D eigenvalue weighted by Gasteiger charge is 2.24. The van der Waals surface area contributed by atoms with E-state index in [9.17, 15) is 0 Å². The van der Waals surface area contributed by atoms with Gasteiger partial charge in [-0.1, -0.05) is 22.0 Å². The molecule has 0 amide bonds. The van der Waals surface area contributed by atoms with Crippen LogP contribution in [0.4, 0.5) is 17.5 Å². The fourth-order valence-electron chi connectivity index (χ4n) is 4.49. The molecular weight excluding hydrogens is 472 g/mol. The summed E-state index contributed by atoms with van der Waals surface area (Å²) in [4.78, 5) is 11.8. The Balaban J connectivity index is 1.30. The smallest absolute Gasteiger partial charge is 0.225 e. The largest absolute Gasteiger partial charge is 0.362 e. The van der Waals surface area contributed by atoms with Crippen molar-refractivity contribution < 1.29 is 0 Å². The van der Waals surface area contributed by atoms with E-state index in [1.807, 2.05) is 24.3 Å². The Morgan fingerprint density at radius 1 is 1.06 bits per heavy atom. The zero-order chi connectivity index (χ0) is 21.8. The van der Waals surface area contributed by atoms with E-state index in [0.717, 1.165) is 60.5 Å². The molecule has 4 rings (SSSR count). The minimum absolute atomic E-state index is 0.395. The molecule has 0 bridgehead atoms. The summed E-state index contributed by atoms with van der Waals surface area (Å²) in [5, 5.41) is 11.1. The van der Waals surface area contributed by atoms with Gasteiger partial charge in [0.1, 0.15) is 5.82 Å². The maximum atomic E-state index is 5.51. The van der Waals surface area contributed by atoms with Crippen LogP contribution in [0.25, 0.3) is 0 Å². The third-order valence-corrected chi connectivity index (χ3v) is 6.78. The number of nitrogens with one attached hydrogen (secondary N) is 3. The van der Waals surface area contributed by atoms with Gasteiger partial charge in [0.25, 0.3) is 0 Å². The predicted octanol–water partition coefficient (Wildman–Crippen LogP) is 4.89. The van der Waals surface area contributed by atoms with Gasteiger partial charge >= 0.3 is 0 Å². The molecule has 0 radical (unpaired) electrons. The molecular formula is C23H31BrN6S. The highest BCUT2D eigenvalue weighted by molar-refractivity contribution is 9.10. The van der Waals surface area contributed by atoms with Crippen LogP contribution >= 0.6 is 28.1 Å². The van der Waals surface area contributed by atoms with Gasteiger partial charge in [-0.3, -0.25) is 0 Å². The Kier molecular flexibility index (Phi) is 7.27. The Morgan fingerprint density at radius 2 is 1.81 bits per heavy atom. The summed E-state index contributed by atoms with van der Waals surface area (Å²) in [5.74, 6) is 1.86. The molecule has 0 atom stereocenters. The van der Waals surface area contributed by atoms with Gasteiger partial charge in [-0.2, -0.15) is 4.98 Å². The molecule has 0 saturated heterocycles. The second-order valence-corrected chi connectivity index (χ2v) is 10.0. The van der Waals surface area contributed by atoms with Gasteiger partial charge in [0.15, 0.2) is 5.11 Å². The number of fused-ring (bicyclic) bond motifs is 1. The second kappa shape index (κ2) is 10.1. The van der Waals surface area contributed by atoms with Crippen molar-refractivity contribution in [3.63, 3.8) is 0 Å². The molecule has 166 valence electrons. The third kappa shape index (κ3) is 5.86. The Bertz CT molecular complexity index is 926. The van der Waals surface area contributed by atoms with Crippen LogP contribution in [0, 0.1) is 0 Å². The molecule has 1 aromatic heterocycles. The molecule has 2 aliphatic rings. The van der Waals surface area contributed by atoms with Crippen LogP contribution in [-0.2, 0) is 12.8 Å². The van der Waals surface area contributed by atoms with E-state index < -0.39 is 0 Å². The zero-order valence-corrected chi connectivity index (χ0v) is 20.7. The van der Waals surface area contributed by atoms with Crippen molar-refractivity contribution >= 4 is 50.7 Å². The number of nitrogens with zero attached hydrogens (tertiary/aromatic N) is 3. The lowest BCUT2D eigenvalue weighted by Crippen LogP contribution is -2.42. The van der Waals surface area contributed by atoms with Gasteiger partial charge in [-0.25, -0.2) is 4.98 Å². The summed E-state index contributed by atoms with van der Waals surface area (Å²) in [6.45, 7) is 0. The van der Waals surface area contributed by atoms with Crippen LogP contribution in [0.1, 0.15) is 49.8 Å². The van der Waals surface area contributed by atoms with Crippen LogP contribution in [0.5, 0.6) is 0 Å². The summed E-state index contributed by atoms with van der Waals surface area (Å²) < 4.78 is 1.04. The maximum Gasteiger partial charge on any atom is 0.225 e. The van der Waals surface area contributed by atoms with Crippen molar-refractivity contribution in [3.05, 3.63) is 40.0 Å². The monoisotopic (exact) mass is 502 g/mol. The van der Waals surface area contributed by atoms with Gasteiger partial charge < -0.3 is 20.9 Å². The number of halogens is 1. The van der Waals surface area contributed by atoms with Gasteiger partial charge in [-0.05, 0) is 81.8 Å². The van der Waals surface area contributed by atoms with Crippen molar-refractivity contribution in [2.45, 2.75) is 63.5 Å². The summed E-state index contributed by atoms with van der Waals surface area (Å²) >= 11 is 9.01. The second-order valence-electron chi connectivity index (χ2n) is 8.70. The van der Waals surface area contributed by atoms with E-state index in [2.05, 4.69) is 50.9 Å². The van der Waals surface area contributed by atoms with E-state index in [1.165, 1.54) is 24.1 Å². The van der Waals surface area contributed by atoms with Crippen molar-refractivity contribution in [2.24, 2.45) is 0 Å². The molecule has 0 spiro atoms. The Hall–Kier alpha value is -1.93. The summed E-state index contributed by atoms with van der Waals surface area (Å²) in [5.41, 5.74) is 3.55. The number of hydrogen-bond acceptors (Lipinski definition) is 5. The number of aromatic nitrogens is 2. The fourth-order valence-corrected chi connectivity index (χ4v) is 5.18. The van der Waals surface area contributed by atoms with Crippen molar-refractivity contribution in [3.8, 4) is 0 Å². The van der Waals surface area contributed by atoms with E-state index in [-0.39, 0.29) is 0 Å². The first-order valence-electron chi connectivity index (χ1n) is 11.1. The fraction of sp³-hybridized carbons (Fsp3) is 0.522. The SMILES string of the molecule is CN(C)c1nc(N[C@H]2CC[C@@H](NC(=S)Nc3cccc(Br)c3)CC2)nc2c1CCCC2. The lowest BCUT2D eigenvalue weighted by molar-refractivity contribution is 0.387. The molecule has 8 heteroatoms. The highest BCUT2D eigenvalue weighted by Crippen LogP contribution is 2.29. The van der Waals surface area contributed by atoms with Crippen LogP contribution in [-0.4, -0.2) is 41.3 Å². The number of anilines is 3. The molecule has 2 aromatic rings. The molecule has 1 fully saturated rings. The molecule has 1 saturated carbocycles. The number of benzene rings is 1. The molecule has 2 aliphatic carbocycles. The van der Waals surface area contributed by atoms with E-state index in [1.54, 1.807) is 0 Å². The standard InChI is InChI=1S/C23H31BrN6S/c1-30(2)21-19-8-3-4-9-20(19)28-22(29-21)25-16-10-12-17(13-11-16)26-23(31)27-18-7-5-6-15(24)14-18/h5-7,14,16-17H,3-4,8-13H2,1-2H3,(H,25,28,29)(H2,26,27,31)/t16-,17+. The molecule has 1 heterocycles. The minimum atomic E-state index is 0.395. The number of hydrogen-bond donors (Lipinski definition) is 3. The Labute approximate surface area is 198 Å². The first-order valence-corrected chi connectivity index (χ1v) is 12.3. The molecule has 6 nitrogen and oxygen atoms in total. The predicted molar refractivity (Wildman–Crippen MR) is 136 cm³/mol. The number of rotatable bonds is 5. The molecule has 1 aromatic carbocycles. The van der Waals surface area contributed by atoms with Crippen molar-refractivity contribution in [1.82, 2.24) is 15.3 Å². The van der Waals surface area contributed by atoms with Gasteiger partial charge in [0.2, 0.25) is 5.95 Å². The first kappa shape index (κ1) is 22.3. The number of aryl methyl sites for hydroxylation is 1. The lowest BCUT2D eigenvalue weighted by atomic mass is 9.91. The highest BCUT2D eigenvalue weighted by atomic mass is 79.9. The first-order chi connectivity index (χ1) is 15.0. The molecule has 0 unspecified atom stereocenters. The molecule has 0 aliphatic heterocycles. The maximum absolute atomic E-state index is 5.51.